The van der Waals surface area contributed by atoms with Gasteiger partial charge in [0.2, 0.25) is 5.95 Å². The minimum Gasteiger partial charge on any atom is -0.493 e. The van der Waals surface area contributed by atoms with Gasteiger partial charge in [-0.1, -0.05) is 0 Å². The van der Waals surface area contributed by atoms with Crippen molar-refractivity contribution in [3.8, 4) is 22.8 Å². The number of aromatic nitrogens is 3. The molecule has 0 aliphatic carbocycles. The van der Waals surface area contributed by atoms with E-state index < -0.39 is 0 Å². The topological polar surface area (TPSA) is 108 Å². The monoisotopic (exact) mass is 408 g/mol. The van der Waals surface area contributed by atoms with Crippen molar-refractivity contribution in [3.63, 3.8) is 0 Å². The average Bonchev–Trinajstić information content (AvgIpc) is 2.80. The van der Waals surface area contributed by atoms with Gasteiger partial charge in [-0.05, 0) is 24.3 Å². The largest absolute Gasteiger partial charge is 0.493 e. The Morgan fingerprint density at radius 3 is 2.50 bits per heavy atom. The molecule has 1 saturated heterocycles. The van der Waals surface area contributed by atoms with E-state index in [2.05, 4.69) is 15.2 Å². The van der Waals surface area contributed by atoms with Crippen molar-refractivity contribution in [2.24, 2.45) is 0 Å². The molecule has 9 nitrogen and oxygen atoms in total. The summed E-state index contributed by atoms with van der Waals surface area (Å²) < 4.78 is 16.2. The summed E-state index contributed by atoms with van der Waals surface area (Å²) in [5.41, 5.74) is 8.16. The summed E-state index contributed by atoms with van der Waals surface area (Å²) in [6, 6.07) is 11.1. The van der Waals surface area contributed by atoms with E-state index in [1.807, 2.05) is 30.3 Å². The van der Waals surface area contributed by atoms with Crippen molar-refractivity contribution < 1.29 is 14.2 Å². The second-order valence-corrected chi connectivity index (χ2v) is 6.70. The summed E-state index contributed by atoms with van der Waals surface area (Å²) in [5, 5.41) is 3.34. The second-order valence-electron chi connectivity index (χ2n) is 6.70. The number of benzene rings is 1. The van der Waals surface area contributed by atoms with Gasteiger partial charge in [0.05, 0.1) is 33.1 Å². The number of hydrogen-bond donors (Lipinski definition) is 2. The molecule has 1 fully saturated rings. The number of nitrogens with zero attached hydrogens (tertiary/aromatic N) is 4. The highest BCUT2D eigenvalue weighted by Crippen LogP contribution is 2.32. The normalized spacial score (nSPS) is 13.7. The maximum absolute atomic E-state index is 5.73. The van der Waals surface area contributed by atoms with E-state index in [1.165, 1.54) is 0 Å². The van der Waals surface area contributed by atoms with Gasteiger partial charge in [-0.2, -0.15) is 4.98 Å². The van der Waals surface area contributed by atoms with E-state index in [-0.39, 0.29) is 0 Å². The zero-order valence-electron chi connectivity index (χ0n) is 17.0. The average molecular weight is 408 g/mol. The van der Waals surface area contributed by atoms with Crippen LogP contribution in [-0.4, -0.2) is 55.5 Å². The van der Waals surface area contributed by atoms with Gasteiger partial charge < -0.3 is 30.2 Å². The van der Waals surface area contributed by atoms with E-state index in [0.29, 0.717) is 42.3 Å². The maximum atomic E-state index is 5.73. The van der Waals surface area contributed by atoms with E-state index in [4.69, 9.17) is 29.9 Å². The van der Waals surface area contributed by atoms with E-state index in [1.54, 1.807) is 26.5 Å². The van der Waals surface area contributed by atoms with Crippen LogP contribution in [0, 0.1) is 0 Å². The third-order valence-electron chi connectivity index (χ3n) is 4.75. The first-order chi connectivity index (χ1) is 14.7. The maximum Gasteiger partial charge on any atom is 0.228 e. The van der Waals surface area contributed by atoms with Gasteiger partial charge in [-0.25, -0.2) is 9.97 Å². The van der Waals surface area contributed by atoms with Gasteiger partial charge in [0.25, 0.3) is 0 Å². The molecular weight excluding hydrogens is 384 g/mol. The number of pyridine rings is 1. The Morgan fingerprint density at radius 1 is 1.00 bits per heavy atom. The Bertz CT molecular complexity index is 1010. The van der Waals surface area contributed by atoms with Gasteiger partial charge in [0.1, 0.15) is 11.6 Å². The van der Waals surface area contributed by atoms with Crippen LogP contribution in [0.2, 0.25) is 0 Å². The fourth-order valence-corrected chi connectivity index (χ4v) is 3.17. The fraction of sp³-hybridized carbons (Fsp3) is 0.286. The number of anilines is 4. The molecule has 0 unspecified atom stereocenters. The summed E-state index contributed by atoms with van der Waals surface area (Å²) in [7, 11) is 3.21. The van der Waals surface area contributed by atoms with Crippen LogP contribution >= 0.6 is 0 Å². The molecule has 0 atom stereocenters. The van der Waals surface area contributed by atoms with Crippen LogP contribution in [0.3, 0.4) is 0 Å². The molecule has 0 bridgehead atoms. The van der Waals surface area contributed by atoms with Gasteiger partial charge in [0, 0.05) is 42.7 Å². The molecule has 156 valence electrons. The Hall–Kier alpha value is -3.59. The first kappa shape index (κ1) is 19.7. The number of nitrogen functional groups attached to an aromatic ring is 1. The van der Waals surface area contributed by atoms with Crippen LogP contribution in [0.4, 0.5) is 23.3 Å². The number of nitrogens with one attached hydrogen (secondary N) is 1. The number of hydrogen-bond acceptors (Lipinski definition) is 9. The smallest absolute Gasteiger partial charge is 0.228 e. The number of nitrogens with two attached hydrogens (primary N) is 1. The lowest BCUT2D eigenvalue weighted by Gasteiger charge is -2.27. The van der Waals surface area contributed by atoms with Gasteiger partial charge in [-0.3, -0.25) is 0 Å². The highest BCUT2D eigenvalue weighted by atomic mass is 16.5. The number of rotatable bonds is 6. The molecular formula is C21H24N6O3. The molecule has 0 amide bonds. The summed E-state index contributed by atoms with van der Waals surface area (Å²) in [6.45, 7) is 2.77. The molecule has 9 heteroatoms. The lowest BCUT2D eigenvalue weighted by molar-refractivity contribution is 0.122. The van der Waals surface area contributed by atoms with E-state index in [0.717, 1.165) is 30.0 Å². The minimum absolute atomic E-state index is 0.463. The van der Waals surface area contributed by atoms with Crippen LogP contribution in [0.15, 0.2) is 42.6 Å². The van der Waals surface area contributed by atoms with Gasteiger partial charge in [0.15, 0.2) is 11.5 Å². The van der Waals surface area contributed by atoms with Crippen molar-refractivity contribution in [3.05, 3.63) is 42.6 Å². The van der Waals surface area contributed by atoms with Crippen molar-refractivity contribution in [2.45, 2.75) is 0 Å². The van der Waals surface area contributed by atoms with Crippen molar-refractivity contribution >= 4 is 23.3 Å². The standard InChI is InChI=1S/C21H24N6O3/c1-28-17-5-4-15(11-18(17)29-2)24-20-12-16(14-3-6-19(22)23-13-14)25-21(26-20)27-7-9-30-10-8-27/h3-6,11-13H,7-10H2,1-2H3,(H2,22,23)(H,24,25,26). The van der Waals surface area contributed by atoms with Crippen LogP contribution in [0.1, 0.15) is 0 Å². The van der Waals surface area contributed by atoms with Crippen molar-refractivity contribution in [2.75, 3.05) is 56.5 Å². The second kappa shape index (κ2) is 8.83. The first-order valence-corrected chi connectivity index (χ1v) is 9.59. The van der Waals surface area contributed by atoms with Gasteiger partial charge >= 0.3 is 0 Å². The lowest BCUT2D eigenvalue weighted by Crippen LogP contribution is -2.37. The third kappa shape index (κ3) is 4.36. The Morgan fingerprint density at radius 2 is 1.80 bits per heavy atom. The summed E-state index contributed by atoms with van der Waals surface area (Å²) >= 11 is 0. The summed E-state index contributed by atoms with van der Waals surface area (Å²) in [6.07, 6.45) is 1.71. The predicted octanol–water partition coefficient (Wildman–Crippen LogP) is 2.72. The summed E-state index contributed by atoms with van der Waals surface area (Å²) in [5.74, 6) is 3.05. The summed E-state index contributed by atoms with van der Waals surface area (Å²) in [4.78, 5) is 15.8. The van der Waals surface area contributed by atoms with E-state index in [9.17, 15) is 0 Å². The number of methoxy groups -OCH3 is 2. The van der Waals surface area contributed by atoms with E-state index >= 15 is 0 Å². The van der Waals surface area contributed by atoms with Crippen LogP contribution in [0.25, 0.3) is 11.3 Å². The molecule has 0 saturated carbocycles. The van der Waals surface area contributed by atoms with Crippen molar-refractivity contribution in [1.29, 1.82) is 0 Å². The molecule has 2 aromatic heterocycles. The molecule has 1 aromatic carbocycles. The molecule has 1 aliphatic rings. The Labute approximate surface area is 174 Å². The first-order valence-electron chi connectivity index (χ1n) is 9.59. The molecule has 0 spiro atoms. The molecule has 1 aliphatic heterocycles. The lowest BCUT2D eigenvalue weighted by atomic mass is 10.2. The van der Waals surface area contributed by atoms with Crippen LogP contribution < -0.4 is 25.4 Å². The van der Waals surface area contributed by atoms with Crippen LogP contribution in [-0.2, 0) is 4.74 Å². The molecule has 3 heterocycles. The third-order valence-corrected chi connectivity index (χ3v) is 4.75. The molecule has 4 rings (SSSR count). The molecule has 3 aromatic rings. The molecule has 0 radical (unpaired) electrons. The highest BCUT2D eigenvalue weighted by Gasteiger charge is 2.17. The zero-order valence-corrected chi connectivity index (χ0v) is 17.0. The highest BCUT2D eigenvalue weighted by molar-refractivity contribution is 5.68. The van der Waals surface area contributed by atoms with Crippen molar-refractivity contribution in [1.82, 2.24) is 15.0 Å². The predicted molar refractivity (Wildman–Crippen MR) is 116 cm³/mol. The molecule has 3 N–H and O–H groups in total. The number of ether oxygens (including phenoxy) is 3. The van der Waals surface area contributed by atoms with Gasteiger partial charge in [-0.15, -0.1) is 0 Å². The number of morpholine rings is 1. The Kier molecular flexibility index (Phi) is 5.80. The molecule has 30 heavy (non-hydrogen) atoms. The fourth-order valence-electron chi connectivity index (χ4n) is 3.17. The quantitative estimate of drug-likeness (QED) is 0.636. The Balaban J connectivity index is 1.70. The minimum atomic E-state index is 0.463. The van der Waals surface area contributed by atoms with Crippen LogP contribution in [0.5, 0.6) is 11.5 Å². The SMILES string of the molecule is COc1ccc(Nc2cc(-c3ccc(N)nc3)nc(N3CCOCC3)n2)cc1OC. The zero-order chi connectivity index (χ0) is 20.9.